The number of para-hydroxylation sites is 1. The van der Waals surface area contributed by atoms with Gasteiger partial charge in [-0.25, -0.2) is 0 Å². The van der Waals surface area contributed by atoms with Crippen LogP contribution in [0.25, 0.3) is 33.1 Å². The number of Topliss-reactive ketones (excluding diaryl/α,β-unsaturated/α-hetero) is 1. The van der Waals surface area contributed by atoms with Crippen LogP contribution < -0.4 is 10.2 Å². The number of nitrogens with zero attached hydrogens (tertiary/aromatic N) is 4. The van der Waals surface area contributed by atoms with Gasteiger partial charge in [0.15, 0.2) is 0 Å². The summed E-state index contributed by atoms with van der Waals surface area (Å²) in [6.07, 6.45) is -0.309. The highest BCUT2D eigenvalue weighted by atomic mass is 79.9. The smallest absolute Gasteiger partial charge is 0.317 e. The van der Waals surface area contributed by atoms with Crippen molar-refractivity contribution in [1.82, 2.24) is 9.80 Å². The van der Waals surface area contributed by atoms with Crippen LogP contribution in [0.5, 0.6) is 0 Å². The van der Waals surface area contributed by atoms with Crippen molar-refractivity contribution in [2.75, 3.05) is 59.1 Å². The van der Waals surface area contributed by atoms with Gasteiger partial charge in [0.1, 0.15) is 23.1 Å². The highest BCUT2D eigenvalue weighted by Crippen LogP contribution is 2.43. The van der Waals surface area contributed by atoms with Crippen molar-refractivity contribution >= 4 is 72.9 Å². The molecule has 1 N–H and O–H groups in total. The van der Waals surface area contributed by atoms with Crippen molar-refractivity contribution in [2.24, 2.45) is 0 Å². The fourth-order valence-electron chi connectivity index (χ4n) is 7.15. The predicted molar refractivity (Wildman–Crippen MR) is 220 cm³/mol. The van der Waals surface area contributed by atoms with E-state index in [0.29, 0.717) is 16.4 Å². The SMILES string of the molecule is CC(=O)CN(CC(=O)[O-])CC(OCCOCCN(CC(=O)[O-])CC(=O)O)c1cc2c(cc1[N+](=O)[O-])oc1ccccc12.CC(Br)c1cc2c(cc1[N+](=O)[O-])Cc1ccccc1-2. The van der Waals surface area contributed by atoms with Crippen molar-refractivity contribution in [2.45, 2.75) is 31.2 Å². The molecule has 2 unspecified atom stereocenters. The number of aliphatic carboxylic acids is 3. The molecule has 322 valence electrons. The fourth-order valence-corrected chi connectivity index (χ4v) is 7.52. The Morgan fingerprint density at radius 3 is 2.08 bits per heavy atom. The first-order valence-corrected chi connectivity index (χ1v) is 19.8. The maximum atomic E-state index is 12.1. The number of carbonyl (C=O) groups excluding carboxylic acids is 3. The van der Waals surface area contributed by atoms with Gasteiger partial charge in [0.25, 0.3) is 11.4 Å². The molecule has 18 nitrogen and oxygen atoms in total. The molecule has 0 amide bonds. The van der Waals surface area contributed by atoms with Crippen LogP contribution in [0.1, 0.15) is 47.0 Å². The molecule has 0 radical (unpaired) electrons. The molecule has 61 heavy (non-hydrogen) atoms. The Hall–Kier alpha value is -6.12. The first-order valence-electron chi connectivity index (χ1n) is 18.9. The number of hydrogen-bond acceptors (Lipinski definition) is 15. The molecule has 19 heteroatoms. The van der Waals surface area contributed by atoms with Gasteiger partial charge in [0.2, 0.25) is 0 Å². The summed E-state index contributed by atoms with van der Waals surface area (Å²) in [5, 5.41) is 55.7. The van der Waals surface area contributed by atoms with Gasteiger partial charge >= 0.3 is 5.97 Å². The second kappa shape index (κ2) is 20.9. The monoisotopic (exact) mass is 904 g/mol. The third kappa shape index (κ3) is 12.2. The number of hydrogen-bond donors (Lipinski definition) is 1. The summed E-state index contributed by atoms with van der Waals surface area (Å²) < 4.78 is 17.2. The van der Waals surface area contributed by atoms with E-state index in [1.165, 1.54) is 29.0 Å². The summed E-state index contributed by atoms with van der Waals surface area (Å²) >= 11 is 3.45. The Balaban J connectivity index is 0.000000305. The minimum Gasteiger partial charge on any atom is -0.549 e. The standard InChI is InChI=1S/C27H31N3O12.C15H12BrNO2/c1-17(31)12-29(16-27(36)37)13-24(41-9-8-40-7-6-28(14-25(32)33)15-26(34)35)20-10-19-18-4-2-3-5-22(18)42-23(19)11-21(20)30(38)39;1-9(16)13-8-14-11(7-15(13)17(18)19)6-10-4-2-3-5-12(10)14/h2-5,10-11,24H,6-9,12-16H2,1H3,(H,32,33)(H,34,35)(H,36,37);2-5,7-9H,6H2,1H3/p-2. The van der Waals surface area contributed by atoms with E-state index < -0.39 is 48.6 Å². The van der Waals surface area contributed by atoms with Crippen molar-refractivity contribution in [3.63, 3.8) is 0 Å². The van der Waals surface area contributed by atoms with Crippen LogP contribution in [-0.2, 0) is 35.1 Å². The van der Waals surface area contributed by atoms with Crippen LogP contribution in [0.3, 0.4) is 0 Å². The highest BCUT2D eigenvalue weighted by molar-refractivity contribution is 9.09. The van der Waals surface area contributed by atoms with Gasteiger partial charge in [0.05, 0.1) is 66.3 Å². The quantitative estimate of drug-likeness (QED) is 0.0464. The Bertz CT molecular complexity index is 2420. The number of furan rings is 1. The molecule has 0 saturated carbocycles. The van der Waals surface area contributed by atoms with Gasteiger partial charge in [-0.2, -0.15) is 0 Å². The number of rotatable bonds is 21. The number of carboxylic acids is 3. The average Bonchev–Trinajstić information content (AvgIpc) is 3.74. The van der Waals surface area contributed by atoms with Gasteiger partial charge in [-0.15, -0.1) is 0 Å². The topological polar surface area (TPSA) is 259 Å². The van der Waals surface area contributed by atoms with Crippen LogP contribution in [0.2, 0.25) is 0 Å². The second-order valence-electron chi connectivity index (χ2n) is 14.2. The Morgan fingerprint density at radius 2 is 1.43 bits per heavy atom. The Kier molecular flexibility index (Phi) is 15.8. The largest absolute Gasteiger partial charge is 0.549 e. The summed E-state index contributed by atoms with van der Waals surface area (Å²) in [7, 11) is 0. The third-order valence-corrected chi connectivity index (χ3v) is 10.2. The number of nitro benzene ring substituents is 2. The average molecular weight is 906 g/mol. The molecule has 0 aliphatic heterocycles. The molecule has 2 atom stereocenters. The summed E-state index contributed by atoms with van der Waals surface area (Å²) in [6.45, 7) is 0.648. The minimum absolute atomic E-state index is 0.0303. The van der Waals surface area contributed by atoms with Gasteiger partial charge in [-0.05, 0) is 60.7 Å². The molecule has 1 aliphatic rings. The van der Waals surface area contributed by atoms with Crippen molar-refractivity contribution in [3.8, 4) is 11.1 Å². The summed E-state index contributed by atoms with van der Waals surface area (Å²) in [5.74, 6) is -4.46. The lowest BCUT2D eigenvalue weighted by molar-refractivity contribution is -0.386. The number of ketones is 1. The number of benzene rings is 4. The zero-order chi connectivity index (χ0) is 44.4. The number of ether oxygens (including phenoxy) is 2. The summed E-state index contributed by atoms with van der Waals surface area (Å²) in [4.78, 5) is 69.6. The fraction of sp³-hybridized carbons (Fsp3) is 0.333. The van der Waals surface area contributed by atoms with E-state index >= 15 is 0 Å². The highest BCUT2D eigenvalue weighted by Gasteiger charge is 2.29. The molecule has 0 saturated heterocycles. The molecule has 0 spiro atoms. The molecular weight excluding hydrogens is 864 g/mol. The number of carboxylic acid groups (broad SMARTS) is 3. The van der Waals surface area contributed by atoms with E-state index in [4.69, 9.17) is 19.0 Å². The van der Waals surface area contributed by atoms with E-state index in [9.17, 15) is 49.6 Å². The van der Waals surface area contributed by atoms with Crippen LogP contribution in [0.15, 0.2) is 77.2 Å². The second-order valence-corrected chi connectivity index (χ2v) is 15.6. The van der Waals surface area contributed by atoms with E-state index in [-0.39, 0.29) is 77.5 Å². The van der Waals surface area contributed by atoms with E-state index in [2.05, 4.69) is 28.1 Å². The molecular formula is C42H41BrN4O14-2. The third-order valence-electron chi connectivity index (χ3n) is 9.67. The Labute approximate surface area is 356 Å². The number of nitro groups is 2. The summed E-state index contributed by atoms with van der Waals surface area (Å²) in [5.41, 5.74) is 6.11. The molecule has 1 heterocycles. The lowest BCUT2D eigenvalue weighted by atomic mass is 10.00. The maximum absolute atomic E-state index is 12.1. The molecule has 5 aromatic rings. The van der Waals surface area contributed by atoms with E-state index in [1.54, 1.807) is 36.4 Å². The van der Waals surface area contributed by atoms with Gasteiger partial charge in [0, 0.05) is 53.4 Å². The zero-order valence-corrected chi connectivity index (χ0v) is 34.7. The van der Waals surface area contributed by atoms with Crippen molar-refractivity contribution in [3.05, 3.63) is 115 Å². The summed E-state index contributed by atoms with van der Waals surface area (Å²) in [6, 6.07) is 21.7. The molecule has 6 rings (SSSR count). The lowest BCUT2D eigenvalue weighted by Gasteiger charge is -2.27. The van der Waals surface area contributed by atoms with Gasteiger partial charge < -0.3 is 38.8 Å². The lowest BCUT2D eigenvalue weighted by Crippen LogP contribution is -2.42. The first kappa shape index (κ1) is 46.0. The van der Waals surface area contributed by atoms with Crippen molar-refractivity contribution < 1.29 is 58.2 Å². The normalized spacial score (nSPS) is 12.7. The number of halogens is 1. The van der Waals surface area contributed by atoms with Crippen LogP contribution >= 0.6 is 15.9 Å². The molecule has 1 aromatic heterocycles. The maximum Gasteiger partial charge on any atom is 0.317 e. The minimum atomic E-state index is -1.45. The van der Waals surface area contributed by atoms with Crippen LogP contribution in [0.4, 0.5) is 11.4 Å². The molecule has 0 bridgehead atoms. The van der Waals surface area contributed by atoms with Crippen LogP contribution in [-0.4, -0.2) is 108 Å². The van der Waals surface area contributed by atoms with Gasteiger partial charge in [-0.3, -0.25) is 39.6 Å². The van der Waals surface area contributed by atoms with E-state index in [0.717, 1.165) is 28.0 Å². The predicted octanol–water partition coefficient (Wildman–Crippen LogP) is 3.97. The number of fused-ring (bicyclic) bond motifs is 6. The number of alkyl halides is 1. The number of carbonyl (C=O) groups is 4. The zero-order valence-electron chi connectivity index (χ0n) is 33.1. The molecule has 1 aliphatic carbocycles. The van der Waals surface area contributed by atoms with E-state index in [1.807, 2.05) is 25.1 Å². The molecule has 4 aromatic carbocycles. The van der Waals surface area contributed by atoms with Crippen molar-refractivity contribution in [1.29, 1.82) is 0 Å². The Morgan fingerprint density at radius 1 is 0.770 bits per heavy atom. The van der Waals surface area contributed by atoms with Gasteiger partial charge in [-0.1, -0.05) is 58.4 Å². The van der Waals surface area contributed by atoms with Crippen LogP contribution in [0, 0.1) is 20.2 Å². The first-order chi connectivity index (χ1) is 29.0. The molecule has 0 fully saturated rings.